The van der Waals surface area contributed by atoms with Crippen LogP contribution in [-0.4, -0.2) is 17.5 Å². The molecule has 0 saturated heterocycles. The van der Waals surface area contributed by atoms with E-state index in [1.807, 2.05) is 13.0 Å². The smallest absolute Gasteiger partial charge is 0.308 e. The van der Waals surface area contributed by atoms with Gasteiger partial charge in [0.1, 0.15) is 0 Å². The van der Waals surface area contributed by atoms with Gasteiger partial charge in [0.15, 0.2) is 0 Å². The third-order valence-electron chi connectivity index (χ3n) is 3.90. The van der Waals surface area contributed by atoms with Crippen molar-refractivity contribution in [1.82, 2.24) is 0 Å². The van der Waals surface area contributed by atoms with E-state index in [4.69, 9.17) is 4.74 Å². The summed E-state index contributed by atoms with van der Waals surface area (Å²) in [5.41, 5.74) is 1.14. The number of carbonyl (C=O) groups excluding carboxylic acids is 1. The number of esters is 1. The Morgan fingerprint density at radius 3 is 2.65 bits per heavy atom. The second-order valence-corrected chi connectivity index (χ2v) is 5.15. The van der Waals surface area contributed by atoms with E-state index in [9.17, 15) is 14.9 Å². The predicted molar refractivity (Wildman–Crippen MR) is 74.4 cm³/mol. The molecule has 0 spiro atoms. The Bertz CT molecular complexity index is 492. The first kappa shape index (κ1) is 14.5. The van der Waals surface area contributed by atoms with Gasteiger partial charge in [-0.3, -0.25) is 14.9 Å². The van der Waals surface area contributed by atoms with Crippen molar-refractivity contribution in [3.05, 3.63) is 39.9 Å². The Kier molecular flexibility index (Phi) is 4.71. The summed E-state index contributed by atoms with van der Waals surface area (Å²) < 4.78 is 5.04. The van der Waals surface area contributed by atoms with Gasteiger partial charge >= 0.3 is 5.97 Å². The molecule has 0 bridgehead atoms. The Morgan fingerprint density at radius 2 is 2.05 bits per heavy atom. The number of hydrogen-bond donors (Lipinski definition) is 0. The van der Waals surface area contributed by atoms with E-state index >= 15 is 0 Å². The van der Waals surface area contributed by atoms with E-state index < -0.39 is 0 Å². The first-order chi connectivity index (χ1) is 9.61. The highest BCUT2D eigenvalue weighted by atomic mass is 16.6. The molecule has 1 saturated carbocycles. The van der Waals surface area contributed by atoms with Crippen LogP contribution in [0.1, 0.15) is 44.1 Å². The van der Waals surface area contributed by atoms with Crippen LogP contribution in [0.25, 0.3) is 0 Å². The predicted octanol–water partition coefficient (Wildman–Crippen LogP) is 3.43. The van der Waals surface area contributed by atoms with Gasteiger partial charge in [-0.25, -0.2) is 0 Å². The fraction of sp³-hybridized carbons (Fsp3) is 0.533. The van der Waals surface area contributed by atoms with Gasteiger partial charge in [-0.2, -0.15) is 0 Å². The van der Waals surface area contributed by atoms with Crippen LogP contribution in [0.15, 0.2) is 24.3 Å². The molecule has 1 aliphatic rings. The molecule has 0 atom stereocenters. The average Bonchev–Trinajstić information content (AvgIpc) is 2.48. The number of nitrogens with zero attached hydrogens (tertiary/aromatic N) is 1. The first-order valence-electron chi connectivity index (χ1n) is 7.02. The number of benzene rings is 1. The lowest BCUT2D eigenvalue weighted by molar-refractivity contribution is -0.384. The van der Waals surface area contributed by atoms with Gasteiger partial charge in [-0.15, -0.1) is 0 Å². The number of hydrogen-bond acceptors (Lipinski definition) is 4. The second kappa shape index (κ2) is 6.50. The molecule has 0 amide bonds. The number of non-ortho nitro benzene ring substituents is 1. The molecule has 0 N–H and O–H groups in total. The van der Waals surface area contributed by atoms with Crippen LogP contribution in [0, 0.1) is 16.0 Å². The molecule has 20 heavy (non-hydrogen) atoms. The molecule has 2 rings (SSSR count). The molecule has 0 radical (unpaired) electrons. The van der Waals surface area contributed by atoms with Crippen molar-refractivity contribution in [1.29, 1.82) is 0 Å². The van der Waals surface area contributed by atoms with Crippen molar-refractivity contribution in [2.24, 2.45) is 5.92 Å². The maximum Gasteiger partial charge on any atom is 0.308 e. The van der Waals surface area contributed by atoms with Gasteiger partial charge in [0.25, 0.3) is 5.69 Å². The molecule has 5 heteroatoms. The molecule has 1 aliphatic carbocycles. The van der Waals surface area contributed by atoms with Crippen molar-refractivity contribution >= 4 is 11.7 Å². The van der Waals surface area contributed by atoms with Crippen LogP contribution in [0.3, 0.4) is 0 Å². The second-order valence-electron chi connectivity index (χ2n) is 5.15. The Morgan fingerprint density at radius 1 is 1.35 bits per heavy atom. The first-order valence-corrected chi connectivity index (χ1v) is 7.02. The summed E-state index contributed by atoms with van der Waals surface area (Å²) in [6.45, 7) is 2.23. The van der Waals surface area contributed by atoms with E-state index in [0.717, 1.165) is 31.2 Å². The zero-order chi connectivity index (χ0) is 14.5. The van der Waals surface area contributed by atoms with E-state index in [-0.39, 0.29) is 22.5 Å². The molecule has 1 aromatic rings. The molecular formula is C15H19NO4. The van der Waals surface area contributed by atoms with Crippen LogP contribution in [0.4, 0.5) is 5.69 Å². The fourth-order valence-electron chi connectivity index (χ4n) is 2.81. The van der Waals surface area contributed by atoms with E-state index in [2.05, 4.69) is 0 Å². The minimum atomic E-state index is -0.367. The molecular weight excluding hydrogens is 258 g/mol. The van der Waals surface area contributed by atoms with Gasteiger partial charge < -0.3 is 4.74 Å². The Hall–Kier alpha value is -1.91. The zero-order valence-corrected chi connectivity index (χ0v) is 11.6. The van der Waals surface area contributed by atoms with Crippen LogP contribution in [-0.2, 0) is 9.53 Å². The van der Waals surface area contributed by atoms with Crippen LogP contribution < -0.4 is 0 Å². The maximum absolute atomic E-state index is 11.7. The lowest BCUT2D eigenvalue weighted by Crippen LogP contribution is -2.23. The van der Waals surface area contributed by atoms with Gasteiger partial charge in [0.2, 0.25) is 0 Å². The van der Waals surface area contributed by atoms with Crippen molar-refractivity contribution in [3.8, 4) is 0 Å². The number of rotatable bonds is 4. The monoisotopic (exact) mass is 277 g/mol. The average molecular weight is 277 g/mol. The zero-order valence-electron chi connectivity index (χ0n) is 11.6. The number of ether oxygens (including phenoxy) is 1. The summed E-state index contributed by atoms with van der Waals surface area (Å²) in [4.78, 5) is 22.1. The lowest BCUT2D eigenvalue weighted by atomic mass is 9.78. The fourth-order valence-corrected chi connectivity index (χ4v) is 2.81. The van der Waals surface area contributed by atoms with Crippen LogP contribution in [0.5, 0.6) is 0 Å². The molecule has 0 heterocycles. The van der Waals surface area contributed by atoms with Crippen LogP contribution in [0.2, 0.25) is 0 Å². The summed E-state index contributed by atoms with van der Waals surface area (Å²) in [5.74, 6) is 0.190. The SMILES string of the molecule is CCOC(=O)C1CCC(c2cccc([N+](=O)[O-])c2)CC1. The molecule has 1 fully saturated rings. The Labute approximate surface area is 118 Å². The molecule has 5 nitrogen and oxygen atoms in total. The van der Waals surface area contributed by atoms with E-state index in [1.54, 1.807) is 12.1 Å². The minimum Gasteiger partial charge on any atom is -0.466 e. The molecule has 0 unspecified atom stereocenters. The molecule has 1 aromatic carbocycles. The molecule has 0 aliphatic heterocycles. The number of nitro groups is 1. The van der Waals surface area contributed by atoms with Crippen LogP contribution >= 0.6 is 0 Å². The topological polar surface area (TPSA) is 69.4 Å². The summed E-state index contributed by atoms with van der Waals surface area (Å²) in [7, 11) is 0. The normalized spacial score (nSPS) is 22.2. The standard InChI is InChI=1S/C15H19NO4/c1-2-20-15(17)12-8-6-11(7-9-12)13-4-3-5-14(10-13)16(18)19/h3-5,10-12H,2,6-9H2,1H3. The highest BCUT2D eigenvalue weighted by molar-refractivity contribution is 5.72. The molecule has 0 aromatic heterocycles. The van der Waals surface area contributed by atoms with Crippen molar-refractivity contribution in [3.63, 3.8) is 0 Å². The van der Waals surface area contributed by atoms with E-state index in [0.29, 0.717) is 12.5 Å². The quantitative estimate of drug-likeness (QED) is 0.480. The highest BCUT2D eigenvalue weighted by Crippen LogP contribution is 2.37. The largest absolute Gasteiger partial charge is 0.466 e. The number of nitro benzene ring substituents is 1. The summed E-state index contributed by atoms with van der Waals surface area (Å²) in [6, 6.07) is 6.82. The van der Waals surface area contributed by atoms with Gasteiger partial charge in [-0.05, 0) is 44.1 Å². The Balaban J connectivity index is 1.98. The van der Waals surface area contributed by atoms with Gasteiger partial charge in [0, 0.05) is 12.1 Å². The minimum absolute atomic E-state index is 0.00935. The third kappa shape index (κ3) is 3.35. The van der Waals surface area contributed by atoms with E-state index in [1.165, 1.54) is 6.07 Å². The summed E-state index contributed by atoms with van der Waals surface area (Å²) in [6.07, 6.45) is 3.35. The third-order valence-corrected chi connectivity index (χ3v) is 3.90. The van der Waals surface area contributed by atoms with Crippen molar-refractivity contribution < 1.29 is 14.5 Å². The summed E-state index contributed by atoms with van der Waals surface area (Å²) >= 11 is 0. The van der Waals surface area contributed by atoms with Crippen molar-refractivity contribution in [2.75, 3.05) is 6.61 Å². The molecule has 108 valence electrons. The van der Waals surface area contributed by atoms with Gasteiger partial charge in [0.05, 0.1) is 17.4 Å². The number of carbonyl (C=O) groups is 1. The summed E-state index contributed by atoms with van der Waals surface area (Å²) in [5, 5.41) is 10.8. The highest BCUT2D eigenvalue weighted by Gasteiger charge is 2.28. The van der Waals surface area contributed by atoms with Crippen molar-refractivity contribution in [2.45, 2.75) is 38.5 Å². The lowest BCUT2D eigenvalue weighted by Gasteiger charge is -2.27. The van der Waals surface area contributed by atoms with Gasteiger partial charge in [-0.1, -0.05) is 12.1 Å². The maximum atomic E-state index is 11.7.